The van der Waals surface area contributed by atoms with E-state index in [0.29, 0.717) is 5.56 Å². The van der Waals surface area contributed by atoms with Crippen molar-refractivity contribution in [3.63, 3.8) is 0 Å². The summed E-state index contributed by atoms with van der Waals surface area (Å²) in [6.45, 7) is 5.27. The van der Waals surface area contributed by atoms with E-state index in [-0.39, 0.29) is 5.97 Å². The standard InChI is InChI=1S/C24H35N3O2/c1-29-24(28)20-7-8-23-22(13-20)21(15-26-14-18-9-11-25-12-10-18)17-27(23)16-19-5-3-2-4-6-19/h7-8,13,17-19,25-26H,2-6,9-12,14-16H2,1H3. The third-order valence-electron chi connectivity index (χ3n) is 6.77. The van der Waals surface area contributed by atoms with Gasteiger partial charge in [-0.1, -0.05) is 19.3 Å². The molecule has 0 unspecified atom stereocenters. The molecular weight excluding hydrogens is 362 g/mol. The zero-order valence-corrected chi connectivity index (χ0v) is 17.7. The van der Waals surface area contributed by atoms with Crippen LogP contribution in [0.2, 0.25) is 0 Å². The van der Waals surface area contributed by atoms with E-state index >= 15 is 0 Å². The van der Waals surface area contributed by atoms with E-state index in [2.05, 4.69) is 27.5 Å². The molecular formula is C24H35N3O2. The lowest BCUT2D eigenvalue weighted by atomic mass is 9.89. The summed E-state index contributed by atoms with van der Waals surface area (Å²) in [5.74, 6) is 1.27. The Hall–Kier alpha value is -1.85. The Morgan fingerprint density at radius 2 is 1.93 bits per heavy atom. The molecule has 0 radical (unpaired) electrons. The van der Waals surface area contributed by atoms with Crippen LogP contribution >= 0.6 is 0 Å². The second-order valence-electron chi connectivity index (χ2n) is 8.86. The number of carbonyl (C=O) groups is 1. The van der Waals surface area contributed by atoms with Crippen molar-refractivity contribution < 1.29 is 9.53 Å². The first-order chi connectivity index (χ1) is 14.2. The number of hydrogen-bond acceptors (Lipinski definition) is 4. The lowest BCUT2D eigenvalue weighted by molar-refractivity contribution is 0.0601. The monoisotopic (exact) mass is 397 g/mol. The maximum Gasteiger partial charge on any atom is 0.337 e. The number of piperidine rings is 1. The molecule has 1 aromatic carbocycles. The van der Waals surface area contributed by atoms with Crippen LogP contribution in [0, 0.1) is 11.8 Å². The lowest BCUT2D eigenvalue weighted by Crippen LogP contribution is -2.33. The molecule has 0 spiro atoms. The molecule has 0 bridgehead atoms. The van der Waals surface area contributed by atoms with Crippen LogP contribution in [0.1, 0.15) is 60.9 Å². The zero-order chi connectivity index (χ0) is 20.1. The minimum Gasteiger partial charge on any atom is -0.465 e. The van der Waals surface area contributed by atoms with Crippen molar-refractivity contribution in [1.29, 1.82) is 0 Å². The first kappa shape index (κ1) is 20.4. The first-order valence-corrected chi connectivity index (χ1v) is 11.4. The Kier molecular flexibility index (Phi) is 6.88. The summed E-state index contributed by atoms with van der Waals surface area (Å²) in [5, 5.41) is 8.30. The van der Waals surface area contributed by atoms with Crippen LogP contribution in [0.5, 0.6) is 0 Å². The van der Waals surface area contributed by atoms with Gasteiger partial charge < -0.3 is 19.9 Å². The van der Waals surface area contributed by atoms with Crippen LogP contribution in [0.4, 0.5) is 0 Å². The fourth-order valence-corrected chi connectivity index (χ4v) is 5.05. The predicted molar refractivity (Wildman–Crippen MR) is 117 cm³/mol. The number of ether oxygens (including phenoxy) is 1. The number of benzene rings is 1. The van der Waals surface area contributed by atoms with Crippen molar-refractivity contribution in [3.05, 3.63) is 35.5 Å². The van der Waals surface area contributed by atoms with Crippen LogP contribution < -0.4 is 10.6 Å². The van der Waals surface area contributed by atoms with E-state index in [0.717, 1.165) is 44.6 Å². The van der Waals surface area contributed by atoms with Gasteiger partial charge >= 0.3 is 5.97 Å². The molecule has 2 fully saturated rings. The molecule has 1 aromatic heterocycles. The van der Waals surface area contributed by atoms with Gasteiger partial charge in [-0.05, 0) is 80.9 Å². The van der Waals surface area contributed by atoms with Gasteiger partial charge in [-0.3, -0.25) is 0 Å². The molecule has 158 valence electrons. The highest BCUT2D eigenvalue weighted by Gasteiger charge is 2.18. The smallest absolute Gasteiger partial charge is 0.337 e. The van der Waals surface area contributed by atoms with Crippen molar-refractivity contribution in [2.24, 2.45) is 11.8 Å². The average Bonchev–Trinajstić information content (AvgIpc) is 3.11. The quantitative estimate of drug-likeness (QED) is 0.691. The summed E-state index contributed by atoms with van der Waals surface area (Å²) in [4.78, 5) is 12.1. The van der Waals surface area contributed by atoms with E-state index in [4.69, 9.17) is 4.74 Å². The van der Waals surface area contributed by atoms with Gasteiger partial charge in [0.05, 0.1) is 12.7 Å². The lowest BCUT2D eigenvalue weighted by Gasteiger charge is -2.23. The molecule has 1 saturated heterocycles. The van der Waals surface area contributed by atoms with Gasteiger partial charge in [0.1, 0.15) is 0 Å². The van der Waals surface area contributed by atoms with Crippen molar-refractivity contribution in [3.8, 4) is 0 Å². The average molecular weight is 398 g/mol. The van der Waals surface area contributed by atoms with Crippen molar-refractivity contribution in [2.75, 3.05) is 26.7 Å². The highest BCUT2D eigenvalue weighted by Crippen LogP contribution is 2.29. The summed E-state index contributed by atoms with van der Waals surface area (Å²) < 4.78 is 7.37. The van der Waals surface area contributed by atoms with Gasteiger partial charge in [-0.25, -0.2) is 4.79 Å². The van der Waals surface area contributed by atoms with Gasteiger partial charge in [-0.2, -0.15) is 0 Å². The van der Waals surface area contributed by atoms with E-state index < -0.39 is 0 Å². The topological polar surface area (TPSA) is 55.3 Å². The van der Waals surface area contributed by atoms with E-state index in [1.54, 1.807) is 0 Å². The number of nitrogens with zero attached hydrogens (tertiary/aromatic N) is 1. The normalized spacial score (nSPS) is 18.9. The Balaban J connectivity index is 1.53. The summed E-state index contributed by atoms with van der Waals surface area (Å²) >= 11 is 0. The molecule has 2 heterocycles. The van der Waals surface area contributed by atoms with Crippen LogP contribution in [-0.4, -0.2) is 37.3 Å². The van der Waals surface area contributed by atoms with Crippen LogP contribution in [0.15, 0.2) is 24.4 Å². The maximum absolute atomic E-state index is 12.1. The van der Waals surface area contributed by atoms with E-state index in [1.807, 2.05) is 12.1 Å². The van der Waals surface area contributed by atoms with Gasteiger partial charge in [0.25, 0.3) is 0 Å². The highest BCUT2D eigenvalue weighted by molar-refractivity contribution is 5.95. The second-order valence-corrected chi connectivity index (χ2v) is 8.86. The van der Waals surface area contributed by atoms with Gasteiger partial charge in [-0.15, -0.1) is 0 Å². The number of esters is 1. The SMILES string of the molecule is COC(=O)c1ccc2c(c1)c(CNCC1CCNCC1)cn2CC1CCCCC1. The molecule has 0 amide bonds. The maximum atomic E-state index is 12.1. The van der Waals surface area contributed by atoms with Gasteiger partial charge in [0.15, 0.2) is 0 Å². The number of methoxy groups -OCH3 is 1. The number of nitrogens with one attached hydrogen (secondary N) is 2. The summed E-state index contributed by atoms with van der Waals surface area (Å²) in [7, 11) is 1.45. The minimum atomic E-state index is -0.263. The molecule has 1 aliphatic carbocycles. The van der Waals surface area contributed by atoms with Crippen molar-refractivity contribution in [1.82, 2.24) is 15.2 Å². The summed E-state index contributed by atoms with van der Waals surface area (Å²) in [5.41, 5.74) is 3.16. The third kappa shape index (κ3) is 5.01. The Morgan fingerprint density at radius 1 is 1.14 bits per heavy atom. The number of hydrogen-bond donors (Lipinski definition) is 2. The Morgan fingerprint density at radius 3 is 2.69 bits per heavy atom. The van der Waals surface area contributed by atoms with Crippen LogP contribution in [-0.2, 0) is 17.8 Å². The fraction of sp³-hybridized carbons (Fsp3) is 0.625. The molecule has 5 nitrogen and oxygen atoms in total. The highest BCUT2D eigenvalue weighted by atomic mass is 16.5. The molecule has 5 heteroatoms. The third-order valence-corrected chi connectivity index (χ3v) is 6.77. The number of carbonyl (C=O) groups excluding carboxylic acids is 1. The molecule has 1 saturated carbocycles. The van der Waals surface area contributed by atoms with E-state index in [1.165, 1.54) is 68.5 Å². The predicted octanol–water partition coefficient (Wildman–Crippen LogP) is 4.10. The van der Waals surface area contributed by atoms with Crippen LogP contribution in [0.25, 0.3) is 10.9 Å². The zero-order valence-electron chi connectivity index (χ0n) is 17.7. The minimum absolute atomic E-state index is 0.263. The number of aromatic nitrogens is 1. The molecule has 0 atom stereocenters. The van der Waals surface area contributed by atoms with E-state index in [9.17, 15) is 4.79 Å². The largest absolute Gasteiger partial charge is 0.465 e. The van der Waals surface area contributed by atoms with Crippen LogP contribution in [0.3, 0.4) is 0 Å². The molecule has 4 rings (SSSR count). The molecule has 1 aliphatic heterocycles. The Bertz CT molecular complexity index is 817. The molecule has 2 aromatic rings. The molecule has 29 heavy (non-hydrogen) atoms. The summed E-state index contributed by atoms with van der Waals surface area (Å²) in [6, 6.07) is 6.01. The molecule has 2 aliphatic rings. The molecule has 2 N–H and O–H groups in total. The van der Waals surface area contributed by atoms with Crippen molar-refractivity contribution >= 4 is 16.9 Å². The number of rotatable bonds is 7. The van der Waals surface area contributed by atoms with Gasteiger partial charge in [0.2, 0.25) is 0 Å². The van der Waals surface area contributed by atoms with Crippen molar-refractivity contribution in [2.45, 2.75) is 58.0 Å². The second kappa shape index (κ2) is 9.77. The van der Waals surface area contributed by atoms with Gasteiger partial charge in [0, 0.05) is 30.2 Å². The Labute approximate surface area is 174 Å². The summed E-state index contributed by atoms with van der Waals surface area (Å²) in [6.07, 6.45) is 11.6. The number of fused-ring (bicyclic) bond motifs is 1. The first-order valence-electron chi connectivity index (χ1n) is 11.4. The fourth-order valence-electron chi connectivity index (χ4n) is 5.05.